The van der Waals surface area contributed by atoms with Crippen LogP contribution in [0.25, 0.3) is 5.69 Å². The summed E-state index contributed by atoms with van der Waals surface area (Å²) in [6.45, 7) is 0.382. The van der Waals surface area contributed by atoms with Crippen LogP contribution in [0.4, 0.5) is 10.2 Å². The van der Waals surface area contributed by atoms with Crippen molar-refractivity contribution in [2.45, 2.75) is 12.8 Å². The number of aromatic nitrogens is 3. The minimum atomic E-state index is -0.374. The van der Waals surface area contributed by atoms with Gasteiger partial charge in [-0.05, 0) is 49.2 Å². The Morgan fingerprint density at radius 1 is 1.32 bits per heavy atom. The van der Waals surface area contributed by atoms with Gasteiger partial charge in [-0.3, -0.25) is 4.79 Å². The molecule has 0 atom stereocenters. The molecule has 2 heterocycles. The number of benzene rings is 1. The van der Waals surface area contributed by atoms with Crippen LogP contribution in [-0.4, -0.2) is 27.2 Å². The third kappa shape index (κ3) is 4.27. The lowest BCUT2D eigenvalue weighted by Crippen LogP contribution is -2.24. The van der Waals surface area contributed by atoms with Crippen molar-refractivity contribution in [2.75, 3.05) is 12.3 Å². The summed E-state index contributed by atoms with van der Waals surface area (Å²) >= 11 is 5.78. The summed E-state index contributed by atoms with van der Waals surface area (Å²) in [5.74, 6) is -0.442. The normalized spacial score (nSPS) is 10.5. The highest BCUT2D eigenvalue weighted by Crippen LogP contribution is 2.21. The molecule has 0 aliphatic carbocycles. The maximum absolute atomic E-state index is 13.1. The number of nitriles is 1. The number of carbonyl (C=O) groups is 1. The number of nitrogens with one attached hydrogen (secondary N) is 1. The molecule has 3 aromatic rings. The van der Waals surface area contributed by atoms with Gasteiger partial charge < -0.3 is 11.1 Å². The summed E-state index contributed by atoms with van der Waals surface area (Å²) in [5, 5.41) is 16.8. The van der Waals surface area contributed by atoms with Gasteiger partial charge in [-0.1, -0.05) is 11.6 Å². The Balaban J connectivity index is 1.64. The van der Waals surface area contributed by atoms with Crippen LogP contribution in [-0.2, 0) is 6.42 Å². The van der Waals surface area contributed by atoms with Gasteiger partial charge in [-0.2, -0.15) is 10.4 Å². The van der Waals surface area contributed by atoms with E-state index in [1.807, 2.05) is 0 Å². The van der Waals surface area contributed by atoms with E-state index in [4.69, 9.17) is 17.3 Å². The molecule has 7 nitrogen and oxygen atoms in total. The van der Waals surface area contributed by atoms with E-state index in [0.717, 1.165) is 0 Å². The van der Waals surface area contributed by atoms with Crippen molar-refractivity contribution in [3.05, 3.63) is 70.4 Å². The zero-order chi connectivity index (χ0) is 20.1. The lowest BCUT2D eigenvalue weighted by Gasteiger charge is -2.05. The Labute approximate surface area is 165 Å². The van der Waals surface area contributed by atoms with Crippen LogP contribution >= 0.6 is 11.6 Å². The Kier molecular flexibility index (Phi) is 5.87. The van der Waals surface area contributed by atoms with Gasteiger partial charge in [0.15, 0.2) is 0 Å². The van der Waals surface area contributed by atoms with Crippen molar-refractivity contribution >= 4 is 23.3 Å². The average molecular weight is 399 g/mol. The van der Waals surface area contributed by atoms with E-state index in [-0.39, 0.29) is 28.3 Å². The van der Waals surface area contributed by atoms with Gasteiger partial charge in [0.05, 0.1) is 11.4 Å². The summed E-state index contributed by atoms with van der Waals surface area (Å²) in [7, 11) is 0. The summed E-state index contributed by atoms with van der Waals surface area (Å²) in [5.41, 5.74) is 7.80. The standard InChI is InChI=1S/C19H16ClFN6O/c20-17-10-12(7-9-24-17)19(28)25-8-1-2-16-15(11-22)18(23)27(26-16)14-5-3-13(21)4-6-14/h3-7,9-10H,1-2,8,23H2,(H,25,28). The number of halogens is 2. The Bertz CT molecular complexity index is 1040. The van der Waals surface area contributed by atoms with Crippen LogP contribution in [0.15, 0.2) is 42.6 Å². The third-order valence-corrected chi connectivity index (χ3v) is 4.25. The molecule has 0 saturated heterocycles. The number of nitrogens with two attached hydrogens (primary N) is 1. The maximum Gasteiger partial charge on any atom is 0.251 e. The van der Waals surface area contributed by atoms with E-state index in [2.05, 4.69) is 21.5 Å². The molecule has 28 heavy (non-hydrogen) atoms. The minimum Gasteiger partial charge on any atom is -0.382 e. The topological polar surface area (TPSA) is 110 Å². The predicted molar refractivity (Wildman–Crippen MR) is 103 cm³/mol. The van der Waals surface area contributed by atoms with Gasteiger partial charge in [0.25, 0.3) is 5.91 Å². The number of nitrogens with zero attached hydrogens (tertiary/aromatic N) is 4. The highest BCUT2D eigenvalue weighted by atomic mass is 35.5. The van der Waals surface area contributed by atoms with Gasteiger partial charge in [0.2, 0.25) is 0 Å². The van der Waals surface area contributed by atoms with Crippen LogP contribution in [0.3, 0.4) is 0 Å². The zero-order valence-corrected chi connectivity index (χ0v) is 15.4. The van der Waals surface area contributed by atoms with Crippen molar-refractivity contribution in [3.63, 3.8) is 0 Å². The van der Waals surface area contributed by atoms with Crippen LogP contribution in [0, 0.1) is 17.1 Å². The van der Waals surface area contributed by atoms with Gasteiger partial charge in [-0.15, -0.1) is 0 Å². The molecule has 3 N–H and O–H groups in total. The number of hydrogen-bond acceptors (Lipinski definition) is 5. The van der Waals surface area contributed by atoms with Gasteiger partial charge in [0, 0.05) is 18.3 Å². The second kappa shape index (κ2) is 8.50. The Hall–Kier alpha value is -3.44. The fourth-order valence-electron chi connectivity index (χ4n) is 2.66. The summed E-state index contributed by atoms with van der Waals surface area (Å²) < 4.78 is 14.5. The summed E-state index contributed by atoms with van der Waals surface area (Å²) in [4.78, 5) is 15.9. The smallest absolute Gasteiger partial charge is 0.251 e. The van der Waals surface area contributed by atoms with E-state index >= 15 is 0 Å². The van der Waals surface area contributed by atoms with Crippen molar-refractivity contribution in [3.8, 4) is 11.8 Å². The molecule has 3 rings (SSSR count). The van der Waals surface area contributed by atoms with E-state index in [0.29, 0.717) is 36.3 Å². The van der Waals surface area contributed by atoms with E-state index < -0.39 is 0 Å². The first-order valence-electron chi connectivity index (χ1n) is 8.42. The van der Waals surface area contributed by atoms with Crippen LogP contribution in [0.1, 0.15) is 28.0 Å². The number of carbonyl (C=O) groups excluding carboxylic acids is 1. The van der Waals surface area contributed by atoms with E-state index in [9.17, 15) is 14.4 Å². The lowest BCUT2D eigenvalue weighted by atomic mass is 10.1. The number of pyridine rings is 1. The molecule has 0 radical (unpaired) electrons. The predicted octanol–water partition coefficient (Wildman–Crippen LogP) is 2.88. The summed E-state index contributed by atoms with van der Waals surface area (Å²) in [6, 6.07) is 10.8. The molecule has 2 aromatic heterocycles. The lowest BCUT2D eigenvalue weighted by molar-refractivity contribution is 0.0953. The first kappa shape index (κ1) is 19.3. The minimum absolute atomic E-state index is 0.194. The van der Waals surface area contributed by atoms with Gasteiger partial charge in [-0.25, -0.2) is 14.1 Å². The number of rotatable bonds is 6. The number of nitrogen functional groups attached to an aromatic ring is 1. The third-order valence-electron chi connectivity index (χ3n) is 4.04. The number of aryl methyl sites for hydroxylation is 1. The average Bonchev–Trinajstić information content (AvgIpc) is 3.01. The molecule has 0 fully saturated rings. The molecule has 1 amide bonds. The Morgan fingerprint density at radius 3 is 2.75 bits per heavy atom. The molecule has 0 bridgehead atoms. The largest absolute Gasteiger partial charge is 0.382 e. The van der Waals surface area contributed by atoms with Gasteiger partial charge in [0.1, 0.15) is 28.4 Å². The Morgan fingerprint density at radius 2 is 2.07 bits per heavy atom. The second-order valence-electron chi connectivity index (χ2n) is 5.93. The SMILES string of the molecule is N#Cc1c(CCCNC(=O)c2ccnc(Cl)c2)nn(-c2ccc(F)cc2)c1N. The van der Waals surface area contributed by atoms with Gasteiger partial charge >= 0.3 is 0 Å². The number of hydrogen-bond donors (Lipinski definition) is 2. The monoisotopic (exact) mass is 398 g/mol. The molecule has 0 unspecified atom stereocenters. The first-order chi connectivity index (χ1) is 13.5. The molecule has 9 heteroatoms. The van der Waals surface area contributed by atoms with Crippen molar-refractivity contribution in [2.24, 2.45) is 0 Å². The zero-order valence-electron chi connectivity index (χ0n) is 14.7. The highest BCUT2D eigenvalue weighted by Gasteiger charge is 2.16. The molecular weight excluding hydrogens is 383 g/mol. The van der Waals surface area contributed by atoms with Crippen molar-refractivity contribution in [1.29, 1.82) is 5.26 Å². The molecule has 142 valence electrons. The van der Waals surface area contributed by atoms with Crippen molar-refractivity contribution < 1.29 is 9.18 Å². The van der Waals surface area contributed by atoms with Crippen molar-refractivity contribution in [1.82, 2.24) is 20.1 Å². The summed E-state index contributed by atoms with van der Waals surface area (Å²) in [6.07, 6.45) is 2.46. The number of amides is 1. The molecular formula is C19H16ClFN6O. The molecule has 0 aliphatic rings. The first-order valence-corrected chi connectivity index (χ1v) is 8.80. The fraction of sp³-hybridized carbons (Fsp3) is 0.158. The van der Waals surface area contributed by atoms with Crippen LogP contribution < -0.4 is 11.1 Å². The number of anilines is 1. The quantitative estimate of drug-likeness (QED) is 0.490. The fourth-order valence-corrected chi connectivity index (χ4v) is 2.83. The van der Waals surface area contributed by atoms with Crippen LogP contribution in [0.2, 0.25) is 5.15 Å². The van der Waals surface area contributed by atoms with E-state index in [1.54, 1.807) is 6.07 Å². The molecule has 0 spiro atoms. The molecule has 1 aromatic carbocycles. The highest BCUT2D eigenvalue weighted by molar-refractivity contribution is 6.29. The van der Waals surface area contributed by atoms with E-state index in [1.165, 1.54) is 41.2 Å². The molecule has 0 aliphatic heterocycles. The van der Waals surface area contributed by atoms with Crippen LogP contribution in [0.5, 0.6) is 0 Å². The maximum atomic E-state index is 13.1. The molecule has 0 saturated carbocycles. The second-order valence-corrected chi connectivity index (χ2v) is 6.32.